The first-order valence-corrected chi connectivity index (χ1v) is 13.2. The number of carbonyl (C=O) groups is 3. The first-order chi connectivity index (χ1) is 16.2. The topological polar surface area (TPSA) is 116 Å². The third-order valence-corrected chi connectivity index (χ3v) is 8.96. The molecule has 0 radical (unpaired) electrons. The van der Waals surface area contributed by atoms with Crippen molar-refractivity contribution in [1.82, 2.24) is 19.4 Å². The predicted molar refractivity (Wildman–Crippen MR) is 123 cm³/mol. The van der Waals surface area contributed by atoms with E-state index in [1.165, 1.54) is 33.5 Å². The van der Waals surface area contributed by atoms with Gasteiger partial charge in [0.05, 0.1) is 23.7 Å². The summed E-state index contributed by atoms with van der Waals surface area (Å²) < 4.78 is 32.4. The van der Waals surface area contributed by atoms with Crippen molar-refractivity contribution in [3.8, 4) is 0 Å². The molecule has 1 aromatic carbocycles. The SMILES string of the molecule is CCOC(=O)c1ccc(S(=O)(=O)N2CCN(CN3C(=O)NC4(CCC(C)CC4)C3=O)CC2)cc1. The summed E-state index contributed by atoms with van der Waals surface area (Å²) in [5.74, 6) is -0.105. The van der Waals surface area contributed by atoms with Crippen molar-refractivity contribution in [2.24, 2.45) is 5.92 Å². The summed E-state index contributed by atoms with van der Waals surface area (Å²) >= 11 is 0. The molecule has 2 heterocycles. The Labute approximate surface area is 200 Å². The molecule has 1 aliphatic carbocycles. The Kier molecular flexibility index (Phi) is 6.97. The summed E-state index contributed by atoms with van der Waals surface area (Å²) in [5.41, 5.74) is -0.478. The average Bonchev–Trinajstić information content (AvgIpc) is 3.05. The van der Waals surface area contributed by atoms with E-state index < -0.39 is 21.5 Å². The molecule has 2 aliphatic heterocycles. The number of esters is 1. The monoisotopic (exact) mass is 492 g/mol. The van der Waals surface area contributed by atoms with Crippen molar-refractivity contribution in [3.05, 3.63) is 29.8 Å². The van der Waals surface area contributed by atoms with Gasteiger partial charge >= 0.3 is 12.0 Å². The second kappa shape index (κ2) is 9.63. The lowest BCUT2D eigenvalue weighted by Gasteiger charge is -2.36. The van der Waals surface area contributed by atoms with E-state index >= 15 is 0 Å². The van der Waals surface area contributed by atoms with Gasteiger partial charge in [-0.25, -0.2) is 22.9 Å². The molecule has 0 aromatic heterocycles. The highest BCUT2D eigenvalue weighted by Gasteiger charge is 2.52. The molecule has 1 spiro atoms. The van der Waals surface area contributed by atoms with Crippen LogP contribution in [0.5, 0.6) is 0 Å². The van der Waals surface area contributed by atoms with Crippen LogP contribution in [0.4, 0.5) is 4.79 Å². The van der Waals surface area contributed by atoms with Crippen LogP contribution in [0.3, 0.4) is 0 Å². The van der Waals surface area contributed by atoms with Crippen molar-refractivity contribution in [1.29, 1.82) is 0 Å². The van der Waals surface area contributed by atoms with E-state index in [1.54, 1.807) is 6.92 Å². The summed E-state index contributed by atoms with van der Waals surface area (Å²) in [6, 6.07) is 5.34. The van der Waals surface area contributed by atoms with Crippen LogP contribution in [-0.2, 0) is 19.6 Å². The van der Waals surface area contributed by atoms with Gasteiger partial charge in [-0.05, 0) is 62.8 Å². The molecule has 3 amide bonds. The standard InChI is InChI=1S/C23H32N4O6S/c1-3-33-20(28)18-4-6-19(7-5-18)34(31,32)26-14-12-25(13-15-26)16-27-21(29)23(24-22(27)30)10-8-17(2)9-11-23/h4-7,17H,3,8-16H2,1-2H3,(H,24,30). The highest BCUT2D eigenvalue weighted by molar-refractivity contribution is 7.89. The summed E-state index contributed by atoms with van der Waals surface area (Å²) in [4.78, 5) is 40.8. The first-order valence-electron chi connectivity index (χ1n) is 11.8. The average molecular weight is 493 g/mol. The van der Waals surface area contributed by atoms with Crippen LogP contribution in [0.25, 0.3) is 0 Å². The van der Waals surface area contributed by atoms with Crippen LogP contribution in [0.2, 0.25) is 0 Å². The Morgan fingerprint density at radius 3 is 2.29 bits per heavy atom. The maximum atomic E-state index is 13.1. The summed E-state index contributed by atoms with van der Waals surface area (Å²) in [5, 5.41) is 2.93. The van der Waals surface area contributed by atoms with Crippen LogP contribution < -0.4 is 5.32 Å². The Morgan fingerprint density at radius 2 is 1.71 bits per heavy atom. The molecule has 3 aliphatic rings. The van der Waals surface area contributed by atoms with E-state index in [2.05, 4.69) is 12.2 Å². The number of nitrogens with zero attached hydrogens (tertiary/aromatic N) is 3. The van der Waals surface area contributed by atoms with Crippen molar-refractivity contribution >= 4 is 27.9 Å². The zero-order valence-electron chi connectivity index (χ0n) is 19.7. The second-order valence-corrected chi connectivity index (χ2v) is 11.3. The van der Waals surface area contributed by atoms with Gasteiger partial charge in [0.2, 0.25) is 10.0 Å². The number of sulfonamides is 1. The molecule has 0 unspecified atom stereocenters. The van der Waals surface area contributed by atoms with E-state index in [0.29, 0.717) is 37.4 Å². The van der Waals surface area contributed by atoms with E-state index in [0.717, 1.165) is 12.8 Å². The number of hydrogen-bond donors (Lipinski definition) is 1. The van der Waals surface area contributed by atoms with Gasteiger partial charge in [-0.2, -0.15) is 4.31 Å². The third kappa shape index (κ3) is 4.69. The Bertz CT molecular complexity index is 1040. The van der Waals surface area contributed by atoms with Crippen molar-refractivity contribution < 1.29 is 27.5 Å². The number of benzene rings is 1. The Hall–Kier alpha value is -2.50. The minimum Gasteiger partial charge on any atom is -0.462 e. The molecule has 0 bridgehead atoms. The first kappa shape index (κ1) is 24.6. The number of amides is 3. The minimum atomic E-state index is -3.72. The van der Waals surface area contributed by atoms with Crippen molar-refractivity contribution in [2.75, 3.05) is 39.5 Å². The number of rotatable bonds is 6. The fourth-order valence-electron chi connectivity index (χ4n) is 4.84. The molecule has 10 nitrogen and oxygen atoms in total. The lowest BCUT2D eigenvalue weighted by molar-refractivity contribution is -0.134. The van der Waals surface area contributed by atoms with Crippen LogP contribution in [0.15, 0.2) is 29.2 Å². The van der Waals surface area contributed by atoms with Gasteiger partial charge in [-0.15, -0.1) is 0 Å². The zero-order valence-corrected chi connectivity index (χ0v) is 20.5. The maximum Gasteiger partial charge on any atom is 0.338 e. The van der Waals surface area contributed by atoms with Crippen LogP contribution in [0, 0.1) is 5.92 Å². The van der Waals surface area contributed by atoms with Crippen LogP contribution in [-0.4, -0.2) is 85.4 Å². The maximum absolute atomic E-state index is 13.1. The number of ether oxygens (including phenoxy) is 1. The van der Waals surface area contributed by atoms with Gasteiger partial charge in [0, 0.05) is 26.2 Å². The van der Waals surface area contributed by atoms with E-state index in [4.69, 9.17) is 4.74 Å². The number of piperazine rings is 1. The van der Waals surface area contributed by atoms with Crippen LogP contribution >= 0.6 is 0 Å². The van der Waals surface area contributed by atoms with E-state index in [9.17, 15) is 22.8 Å². The number of imide groups is 1. The summed E-state index contributed by atoms with van der Waals surface area (Å²) in [6.07, 6.45) is 3.15. The van der Waals surface area contributed by atoms with E-state index in [-0.39, 0.29) is 43.2 Å². The highest BCUT2D eigenvalue weighted by atomic mass is 32.2. The minimum absolute atomic E-state index is 0.108. The predicted octanol–water partition coefficient (Wildman–Crippen LogP) is 1.63. The van der Waals surface area contributed by atoms with Gasteiger partial charge in [0.1, 0.15) is 5.54 Å². The van der Waals surface area contributed by atoms with Gasteiger partial charge in [-0.1, -0.05) is 6.92 Å². The summed E-state index contributed by atoms with van der Waals surface area (Å²) in [6.45, 7) is 5.56. The molecule has 34 heavy (non-hydrogen) atoms. The summed E-state index contributed by atoms with van der Waals surface area (Å²) in [7, 11) is -3.72. The van der Waals surface area contributed by atoms with Gasteiger partial charge in [0.25, 0.3) is 5.91 Å². The smallest absolute Gasteiger partial charge is 0.338 e. The molecule has 1 aromatic rings. The Balaban J connectivity index is 1.34. The molecular weight excluding hydrogens is 460 g/mol. The quantitative estimate of drug-likeness (QED) is 0.474. The number of carbonyl (C=O) groups excluding carboxylic acids is 3. The molecule has 1 saturated carbocycles. The fraction of sp³-hybridized carbons (Fsp3) is 0.609. The molecule has 2 saturated heterocycles. The largest absolute Gasteiger partial charge is 0.462 e. The lowest BCUT2D eigenvalue weighted by Crippen LogP contribution is -2.53. The molecule has 1 N–H and O–H groups in total. The molecule has 11 heteroatoms. The number of nitrogens with one attached hydrogen (secondary N) is 1. The van der Waals surface area contributed by atoms with Gasteiger partial charge < -0.3 is 10.1 Å². The normalized spacial score (nSPS) is 26.6. The fourth-order valence-corrected chi connectivity index (χ4v) is 6.26. The van der Waals surface area contributed by atoms with Gasteiger partial charge in [0.15, 0.2) is 0 Å². The molecule has 3 fully saturated rings. The zero-order chi connectivity index (χ0) is 24.5. The lowest BCUT2D eigenvalue weighted by atomic mass is 9.77. The van der Waals surface area contributed by atoms with E-state index in [1.807, 2.05) is 4.90 Å². The third-order valence-electron chi connectivity index (χ3n) is 7.05. The second-order valence-electron chi connectivity index (χ2n) is 9.34. The van der Waals surface area contributed by atoms with Gasteiger partial charge in [-0.3, -0.25) is 9.69 Å². The van der Waals surface area contributed by atoms with Crippen molar-refractivity contribution in [2.45, 2.75) is 50.0 Å². The van der Waals surface area contributed by atoms with Crippen LogP contribution in [0.1, 0.15) is 49.9 Å². The number of hydrogen-bond acceptors (Lipinski definition) is 7. The highest BCUT2D eigenvalue weighted by Crippen LogP contribution is 2.36. The Morgan fingerprint density at radius 1 is 1.09 bits per heavy atom. The molecule has 4 rings (SSSR count). The number of urea groups is 1. The molecule has 0 atom stereocenters. The molecule has 186 valence electrons. The van der Waals surface area contributed by atoms with Crippen molar-refractivity contribution in [3.63, 3.8) is 0 Å². The molecular formula is C23H32N4O6S.